The second-order valence-corrected chi connectivity index (χ2v) is 3.45. The fourth-order valence-corrected chi connectivity index (χ4v) is 1.74. The number of aromatic nitrogens is 1. The minimum Gasteiger partial charge on any atom is -0.326 e. The molecule has 4 heteroatoms. The summed E-state index contributed by atoms with van der Waals surface area (Å²) >= 11 is 0. The van der Waals surface area contributed by atoms with E-state index in [0.29, 0.717) is 0 Å². The molecule has 0 fully saturated rings. The number of pyridine rings is 1. The van der Waals surface area contributed by atoms with E-state index in [-0.39, 0.29) is 30.4 Å². The maximum Gasteiger partial charge on any atom is 0.248 e. The molecule has 1 heterocycles. The maximum absolute atomic E-state index is 11.3. The second-order valence-electron chi connectivity index (χ2n) is 3.45. The van der Waals surface area contributed by atoms with E-state index in [1.807, 2.05) is 18.2 Å². The van der Waals surface area contributed by atoms with Gasteiger partial charge >= 0.3 is 0 Å². The Morgan fingerprint density at radius 2 is 1.88 bits per heavy atom. The highest BCUT2D eigenvalue weighted by Crippen LogP contribution is 2.15. The van der Waals surface area contributed by atoms with Crippen LogP contribution >= 0.6 is 24.8 Å². The van der Waals surface area contributed by atoms with Crippen molar-refractivity contribution in [3.63, 3.8) is 0 Å². The molecule has 2 rings (SSSR count). The quantitative estimate of drug-likeness (QED) is 0.882. The molecule has 0 bridgehead atoms. The van der Waals surface area contributed by atoms with Crippen LogP contribution in [0.1, 0.15) is 19.0 Å². The molecule has 2 aromatic rings. The highest BCUT2D eigenvalue weighted by Gasteiger charge is 2.00. The highest BCUT2D eigenvalue weighted by molar-refractivity contribution is 5.85. The number of hydrogen-bond acceptors (Lipinski definition) is 1. The molecule has 16 heavy (non-hydrogen) atoms. The molecule has 1 aromatic carbocycles. The van der Waals surface area contributed by atoms with Gasteiger partial charge in [-0.15, -0.1) is 24.8 Å². The normalized spacial score (nSPS) is 9.31. The molecule has 0 atom stereocenters. The van der Waals surface area contributed by atoms with E-state index in [1.54, 1.807) is 6.07 Å². The summed E-state index contributed by atoms with van der Waals surface area (Å²) in [5, 5.41) is 2.19. The maximum atomic E-state index is 11.3. The van der Waals surface area contributed by atoms with E-state index < -0.39 is 0 Å². The van der Waals surface area contributed by atoms with Gasteiger partial charge in [-0.1, -0.05) is 37.6 Å². The number of aryl methyl sites for hydroxylation is 1. The van der Waals surface area contributed by atoms with Crippen LogP contribution in [0.4, 0.5) is 0 Å². The van der Waals surface area contributed by atoms with Gasteiger partial charge in [-0.25, -0.2) is 0 Å². The number of H-pyrrole nitrogens is 1. The first-order valence-electron chi connectivity index (χ1n) is 4.92. The molecular weight excluding hydrogens is 245 g/mol. The third-order valence-corrected chi connectivity index (χ3v) is 2.35. The molecule has 0 aliphatic heterocycles. The molecule has 0 radical (unpaired) electrons. The molecule has 1 aromatic heterocycles. The van der Waals surface area contributed by atoms with Crippen molar-refractivity contribution in [2.45, 2.75) is 19.8 Å². The summed E-state index contributed by atoms with van der Waals surface area (Å²) < 4.78 is 0. The van der Waals surface area contributed by atoms with Crippen LogP contribution in [-0.4, -0.2) is 4.98 Å². The summed E-state index contributed by atoms with van der Waals surface area (Å²) in [4.78, 5) is 14.2. The van der Waals surface area contributed by atoms with Crippen molar-refractivity contribution in [2.75, 3.05) is 0 Å². The number of benzene rings is 1. The molecule has 0 saturated carbocycles. The summed E-state index contributed by atoms with van der Waals surface area (Å²) in [5.74, 6) is 0. The lowest BCUT2D eigenvalue weighted by Crippen LogP contribution is -2.07. The fourth-order valence-electron chi connectivity index (χ4n) is 1.74. The SMILES string of the molecule is CCCc1[nH]c(=O)cc2ccccc12.Cl.Cl. The number of fused-ring (bicyclic) bond motifs is 1. The first-order valence-corrected chi connectivity index (χ1v) is 4.92. The van der Waals surface area contributed by atoms with E-state index in [2.05, 4.69) is 18.0 Å². The Morgan fingerprint density at radius 1 is 1.19 bits per heavy atom. The third kappa shape index (κ3) is 3.00. The Morgan fingerprint density at radius 3 is 2.56 bits per heavy atom. The van der Waals surface area contributed by atoms with Crippen molar-refractivity contribution in [1.82, 2.24) is 4.98 Å². The zero-order valence-corrected chi connectivity index (χ0v) is 10.7. The third-order valence-electron chi connectivity index (χ3n) is 2.35. The number of halogens is 2. The molecule has 1 N–H and O–H groups in total. The van der Waals surface area contributed by atoms with Gasteiger partial charge < -0.3 is 4.98 Å². The van der Waals surface area contributed by atoms with Crippen molar-refractivity contribution in [3.05, 3.63) is 46.4 Å². The standard InChI is InChI=1S/C12H13NO.2ClH/c1-2-5-11-10-7-4-3-6-9(10)8-12(14)13-11;;/h3-4,6-8H,2,5H2,1H3,(H,13,14);2*1H. The zero-order valence-electron chi connectivity index (χ0n) is 9.03. The van der Waals surface area contributed by atoms with Crippen molar-refractivity contribution in [2.24, 2.45) is 0 Å². The lowest BCUT2D eigenvalue weighted by Gasteiger charge is -2.03. The van der Waals surface area contributed by atoms with Gasteiger partial charge in [0.25, 0.3) is 0 Å². The molecule has 88 valence electrons. The number of aromatic amines is 1. The van der Waals surface area contributed by atoms with E-state index in [1.165, 1.54) is 0 Å². The molecular formula is C12H15Cl2NO. The summed E-state index contributed by atoms with van der Waals surface area (Å²) in [7, 11) is 0. The van der Waals surface area contributed by atoms with Crippen LogP contribution in [0.2, 0.25) is 0 Å². The minimum atomic E-state index is -0.00727. The zero-order chi connectivity index (χ0) is 9.97. The Kier molecular flexibility index (Phi) is 6.16. The molecule has 0 unspecified atom stereocenters. The molecule has 0 amide bonds. The number of rotatable bonds is 2. The Balaban J connectivity index is 0.00000112. The fraction of sp³-hybridized carbons (Fsp3) is 0.250. The lowest BCUT2D eigenvalue weighted by atomic mass is 10.1. The van der Waals surface area contributed by atoms with Crippen LogP contribution in [0.3, 0.4) is 0 Å². The first kappa shape index (κ1) is 15.0. The molecule has 0 spiro atoms. The highest BCUT2D eigenvalue weighted by atomic mass is 35.5. The van der Waals surface area contributed by atoms with Crippen LogP contribution in [0.5, 0.6) is 0 Å². The van der Waals surface area contributed by atoms with Crippen molar-refractivity contribution in [1.29, 1.82) is 0 Å². The summed E-state index contributed by atoms with van der Waals surface area (Å²) in [6.07, 6.45) is 1.97. The van der Waals surface area contributed by atoms with Crippen LogP contribution < -0.4 is 5.56 Å². The summed E-state index contributed by atoms with van der Waals surface area (Å²) in [6, 6.07) is 9.63. The average Bonchev–Trinajstić information content (AvgIpc) is 2.18. The second kappa shape index (κ2) is 6.56. The smallest absolute Gasteiger partial charge is 0.248 e. The summed E-state index contributed by atoms with van der Waals surface area (Å²) in [6.45, 7) is 2.11. The Labute approximate surface area is 107 Å². The van der Waals surface area contributed by atoms with Crippen molar-refractivity contribution < 1.29 is 0 Å². The van der Waals surface area contributed by atoms with Crippen LogP contribution in [0.15, 0.2) is 35.1 Å². The predicted octanol–water partition coefficient (Wildman–Crippen LogP) is 3.32. The number of hydrogen-bond donors (Lipinski definition) is 1. The van der Waals surface area contributed by atoms with Gasteiger partial charge in [0.1, 0.15) is 0 Å². The van der Waals surface area contributed by atoms with Crippen LogP contribution in [-0.2, 0) is 6.42 Å². The molecule has 2 nitrogen and oxygen atoms in total. The molecule has 0 aliphatic rings. The monoisotopic (exact) mass is 259 g/mol. The number of nitrogens with one attached hydrogen (secondary N) is 1. The first-order chi connectivity index (χ1) is 6.81. The average molecular weight is 260 g/mol. The minimum absolute atomic E-state index is 0. The lowest BCUT2D eigenvalue weighted by molar-refractivity contribution is 0.886. The van der Waals surface area contributed by atoms with E-state index in [9.17, 15) is 4.79 Å². The van der Waals surface area contributed by atoms with Gasteiger partial charge in [-0.05, 0) is 11.8 Å². The molecule has 0 saturated heterocycles. The predicted molar refractivity (Wildman–Crippen MR) is 73.1 cm³/mol. The topological polar surface area (TPSA) is 32.9 Å². The van der Waals surface area contributed by atoms with Gasteiger partial charge in [-0.2, -0.15) is 0 Å². The van der Waals surface area contributed by atoms with Gasteiger partial charge in [0, 0.05) is 17.1 Å². The van der Waals surface area contributed by atoms with Crippen LogP contribution in [0.25, 0.3) is 10.8 Å². The van der Waals surface area contributed by atoms with Gasteiger partial charge in [0.05, 0.1) is 0 Å². The van der Waals surface area contributed by atoms with E-state index >= 15 is 0 Å². The van der Waals surface area contributed by atoms with E-state index in [4.69, 9.17) is 0 Å². The largest absolute Gasteiger partial charge is 0.326 e. The summed E-state index contributed by atoms with van der Waals surface area (Å²) in [5.41, 5.74) is 1.04. The van der Waals surface area contributed by atoms with Crippen molar-refractivity contribution >= 4 is 35.6 Å². The molecule has 0 aliphatic carbocycles. The van der Waals surface area contributed by atoms with Gasteiger partial charge in [0.2, 0.25) is 5.56 Å². The van der Waals surface area contributed by atoms with E-state index in [0.717, 1.165) is 29.3 Å². The van der Waals surface area contributed by atoms with Crippen LogP contribution in [0, 0.1) is 0 Å². The Hall–Kier alpha value is -0.990. The van der Waals surface area contributed by atoms with Crippen molar-refractivity contribution in [3.8, 4) is 0 Å². The Bertz CT molecular complexity index is 508. The van der Waals surface area contributed by atoms with Gasteiger partial charge in [-0.3, -0.25) is 4.79 Å². The van der Waals surface area contributed by atoms with Gasteiger partial charge in [0.15, 0.2) is 0 Å².